The summed E-state index contributed by atoms with van der Waals surface area (Å²) in [7, 11) is 0. The SMILES string of the molecule is CCOc1ccc(CCn2c(=O)[nH]c3ccccc3c2=O)cc1OCC. The molecular formula is C20H22N2O4. The van der Waals surface area contributed by atoms with Gasteiger partial charge in [-0.15, -0.1) is 0 Å². The van der Waals surface area contributed by atoms with Gasteiger partial charge in [-0.2, -0.15) is 0 Å². The number of aromatic amines is 1. The van der Waals surface area contributed by atoms with Gasteiger partial charge in [0.25, 0.3) is 5.56 Å². The van der Waals surface area contributed by atoms with Crippen molar-refractivity contribution in [1.82, 2.24) is 9.55 Å². The van der Waals surface area contributed by atoms with Crippen LogP contribution in [0.3, 0.4) is 0 Å². The van der Waals surface area contributed by atoms with Crippen LogP contribution in [0.4, 0.5) is 0 Å². The van der Waals surface area contributed by atoms with Crippen LogP contribution in [0.5, 0.6) is 11.5 Å². The van der Waals surface area contributed by atoms with Crippen LogP contribution in [0.2, 0.25) is 0 Å². The molecule has 1 heterocycles. The van der Waals surface area contributed by atoms with Crippen molar-refractivity contribution in [3.05, 3.63) is 68.9 Å². The lowest BCUT2D eigenvalue weighted by Gasteiger charge is -2.13. The van der Waals surface area contributed by atoms with E-state index in [1.54, 1.807) is 24.3 Å². The Bertz CT molecular complexity index is 1020. The molecule has 0 radical (unpaired) electrons. The van der Waals surface area contributed by atoms with Crippen molar-refractivity contribution in [1.29, 1.82) is 0 Å². The smallest absolute Gasteiger partial charge is 0.328 e. The lowest BCUT2D eigenvalue weighted by molar-refractivity contribution is 0.287. The number of hydrogen-bond acceptors (Lipinski definition) is 4. The third-order valence-corrected chi connectivity index (χ3v) is 4.12. The molecule has 0 fully saturated rings. The molecule has 0 spiro atoms. The second-order valence-corrected chi connectivity index (χ2v) is 5.83. The number of benzene rings is 2. The molecular weight excluding hydrogens is 332 g/mol. The third-order valence-electron chi connectivity index (χ3n) is 4.12. The van der Waals surface area contributed by atoms with E-state index in [9.17, 15) is 9.59 Å². The van der Waals surface area contributed by atoms with Crippen molar-refractivity contribution in [2.75, 3.05) is 13.2 Å². The van der Waals surface area contributed by atoms with Crippen LogP contribution < -0.4 is 20.7 Å². The number of hydrogen-bond donors (Lipinski definition) is 1. The van der Waals surface area contributed by atoms with E-state index in [1.165, 1.54) is 4.57 Å². The quantitative estimate of drug-likeness (QED) is 0.708. The first-order valence-corrected chi connectivity index (χ1v) is 8.74. The van der Waals surface area contributed by atoms with Crippen LogP contribution in [-0.4, -0.2) is 22.8 Å². The molecule has 0 saturated heterocycles. The summed E-state index contributed by atoms with van der Waals surface area (Å²) in [6.45, 7) is 5.21. The molecule has 6 nitrogen and oxygen atoms in total. The number of H-pyrrole nitrogens is 1. The molecule has 0 amide bonds. The van der Waals surface area contributed by atoms with Gasteiger partial charge < -0.3 is 14.5 Å². The lowest BCUT2D eigenvalue weighted by Crippen LogP contribution is -2.35. The van der Waals surface area contributed by atoms with Gasteiger partial charge in [-0.05, 0) is 50.1 Å². The Balaban J connectivity index is 1.87. The highest BCUT2D eigenvalue weighted by Gasteiger charge is 2.09. The summed E-state index contributed by atoms with van der Waals surface area (Å²) < 4.78 is 12.4. The normalized spacial score (nSPS) is 10.8. The number of aryl methyl sites for hydroxylation is 1. The van der Waals surface area contributed by atoms with Gasteiger partial charge in [-0.3, -0.25) is 9.36 Å². The molecule has 1 N–H and O–H groups in total. The van der Waals surface area contributed by atoms with Crippen molar-refractivity contribution in [3.63, 3.8) is 0 Å². The highest BCUT2D eigenvalue weighted by atomic mass is 16.5. The van der Waals surface area contributed by atoms with E-state index in [-0.39, 0.29) is 5.56 Å². The van der Waals surface area contributed by atoms with Crippen LogP contribution in [0.15, 0.2) is 52.1 Å². The van der Waals surface area contributed by atoms with E-state index in [1.807, 2.05) is 32.0 Å². The zero-order valence-electron chi connectivity index (χ0n) is 15.0. The topological polar surface area (TPSA) is 73.3 Å². The fourth-order valence-corrected chi connectivity index (χ4v) is 2.89. The Labute approximate surface area is 151 Å². The van der Waals surface area contributed by atoms with Crippen molar-refractivity contribution in [2.45, 2.75) is 26.8 Å². The molecule has 0 aliphatic rings. The number of fused-ring (bicyclic) bond motifs is 1. The number of para-hydroxylation sites is 1. The van der Waals surface area contributed by atoms with Crippen LogP contribution in [-0.2, 0) is 13.0 Å². The molecule has 0 unspecified atom stereocenters. The highest BCUT2D eigenvalue weighted by molar-refractivity contribution is 5.76. The van der Waals surface area contributed by atoms with Crippen LogP contribution in [0.25, 0.3) is 10.9 Å². The van der Waals surface area contributed by atoms with Crippen LogP contribution in [0, 0.1) is 0 Å². The molecule has 6 heteroatoms. The van der Waals surface area contributed by atoms with E-state index in [0.29, 0.717) is 48.6 Å². The van der Waals surface area contributed by atoms with E-state index >= 15 is 0 Å². The maximum Gasteiger partial charge on any atom is 0.328 e. The minimum atomic E-state index is -0.398. The van der Waals surface area contributed by atoms with E-state index in [0.717, 1.165) is 5.56 Å². The Morgan fingerprint density at radius 2 is 1.69 bits per heavy atom. The van der Waals surface area contributed by atoms with Gasteiger partial charge in [0, 0.05) is 6.54 Å². The maximum atomic E-state index is 12.6. The molecule has 0 saturated carbocycles. The Morgan fingerprint density at radius 1 is 0.962 bits per heavy atom. The van der Waals surface area contributed by atoms with Gasteiger partial charge in [0.1, 0.15) is 0 Å². The predicted molar refractivity (Wildman–Crippen MR) is 101 cm³/mol. The van der Waals surface area contributed by atoms with Crippen LogP contribution in [0.1, 0.15) is 19.4 Å². The number of ether oxygens (including phenoxy) is 2. The number of nitrogens with one attached hydrogen (secondary N) is 1. The molecule has 3 aromatic rings. The van der Waals surface area contributed by atoms with Gasteiger partial charge in [0.15, 0.2) is 11.5 Å². The molecule has 3 rings (SSSR count). The minimum absolute atomic E-state index is 0.277. The summed E-state index contributed by atoms with van der Waals surface area (Å²) in [6, 6.07) is 12.7. The minimum Gasteiger partial charge on any atom is -0.490 e. The van der Waals surface area contributed by atoms with Crippen molar-refractivity contribution in [3.8, 4) is 11.5 Å². The van der Waals surface area contributed by atoms with Crippen LogP contribution >= 0.6 is 0 Å². The second kappa shape index (κ2) is 7.91. The Kier molecular flexibility index (Phi) is 5.41. The first kappa shape index (κ1) is 17.8. The Morgan fingerprint density at radius 3 is 2.46 bits per heavy atom. The molecule has 26 heavy (non-hydrogen) atoms. The van der Waals surface area contributed by atoms with Gasteiger partial charge in [-0.25, -0.2) is 4.79 Å². The summed E-state index contributed by atoms with van der Waals surface area (Å²) >= 11 is 0. The molecule has 2 aromatic carbocycles. The summed E-state index contributed by atoms with van der Waals surface area (Å²) in [5, 5.41) is 0.508. The molecule has 1 aromatic heterocycles. The lowest BCUT2D eigenvalue weighted by atomic mass is 10.1. The van der Waals surface area contributed by atoms with Crippen molar-refractivity contribution < 1.29 is 9.47 Å². The number of aromatic nitrogens is 2. The number of nitrogens with zero attached hydrogens (tertiary/aromatic N) is 1. The first-order valence-electron chi connectivity index (χ1n) is 8.74. The first-order chi connectivity index (χ1) is 12.6. The number of rotatable bonds is 7. The van der Waals surface area contributed by atoms with E-state index in [4.69, 9.17) is 9.47 Å². The van der Waals surface area contributed by atoms with Gasteiger partial charge >= 0.3 is 5.69 Å². The summed E-state index contributed by atoms with van der Waals surface area (Å²) in [5.74, 6) is 1.37. The fraction of sp³-hybridized carbons (Fsp3) is 0.300. The average Bonchev–Trinajstić information content (AvgIpc) is 2.64. The second-order valence-electron chi connectivity index (χ2n) is 5.83. The van der Waals surface area contributed by atoms with Gasteiger partial charge in [0.2, 0.25) is 0 Å². The predicted octanol–water partition coefficient (Wildman–Crippen LogP) is 2.73. The van der Waals surface area contributed by atoms with E-state index < -0.39 is 5.69 Å². The standard InChI is InChI=1S/C20H22N2O4/c1-3-25-17-10-9-14(13-18(17)26-4-2)11-12-22-19(23)15-7-5-6-8-16(15)21-20(22)24/h5-10,13H,3-4,11-12H2,1-2H3,(H,21,24). The van der Waals surface area contributed by atoms with Crippen molar-refractivity contribution in [2.24, 2.45) is 0 Å². The van der Waals surface area contributed by atoms with Crippen molar-refractivity contribution >= 4 is 10.9 Å². The molecule has 0 atom stereocenters. The zero-order chi connectivity index (χ0) is 18.5. The molecule has 0 aliphatic heterocycles. The molecule has 136 valence electrons. The monoisotopic (exact) mass is 354 g/mol. The van der Waals surface area contributed by atoms with Gasteiger partial charge in [-0.1, -0.05) is 18.2 Å². The summed E-state index contributed by atoms with van der Waals surface area (Å²) in [5.41, 5.74) is 0.847. The van der Waals surface area contributed by atoms with E-state index in [2.05, 4.69) is 4.98 Å². The van der Waals surface area contributed by atoms with Gasteiger partial charge in [0.05, 0.1) is 24.1 Å². The molecule has 0 aliphatic carbocycles. The summed E-state index contributed by atoms with van der Waals surface area (Å²) in [6.07, 6.45) is 0.536. The largest absolute Gasteiger partial charge is 0.490 e. The summed E-state index contributed by atoms with van der Waals surface area (Å²) in [4.78, 5) is 27.6. The third kappa shape index (κ3) is 3.64. The Hall–Kier alpha value is -3.02. The maximum absolute atomic E-state index is 12.6. The highest BCUT2D eigenvalue weighted by Crippen LogP contribution is 2.28. The fourth-order valence-electron chi connectivity index (χ4n) is 2.89. The zero-order valence-corrected chi connectivity index (χ0v) is 15.0. The molecule has 0 bridgehead atoms. The average molecular weight is 354 g/mol.